The summed E-state index contributed by atoms with van der Waals surface area (Å²) in [5.41, 5.74) is 9.21. The smallest absolute Gasteiger partial charge is 0.0798 e. The van der Waals surface area contributed by atoms with Crippen LogP contribution in [-0.2, 0) is 0 Å². The van der Waals surface area contributed by atoms with Crippen LogP contribution in [0.2, 0.25) is 0 Å². The maximum absolute atomic E-state index is 6.19. The molecular weight excluding hydrogens is 240 g/mol. The van der Waals surface area contributed by atoms with E-state index in [0.717, 1.165) is 12.1 Å². The number of rotatable bonds is 10. The molecule has 1 rings (SSSR count). The predicted octanol–water partition coefficient (Wildman–Crippen LogP) is 4.98. The number of unbranched alkanes of at least 4 members (excludes halogenated alkanes) is 7. The van der Waals surface area contributed by atoms with Gasteiger partial charge < -0.3 is 5.73 Å². The van der Waals surface area contributed by atoms with Gasteiger partial charge in [0.15, 0.2) is 0 Å². The van der Waals surface area contributed by atoms with E-state index in [0.29, 0.717) is 0 Å². The first-order valence-electron chi connectivity index (χ1n) is 7.41. The van der Waals surface area contributed by atoms with Crippen LogP contribution >= 0.6 is 11.3 Å². The average molecular weight is 268 g/mol. The molecule has 0 aliphatic heterocycles. The van der Waals surface area contributed by atoms with Crippen molar-refractivity contribution in [2.75, 3.05) is 0 Å². The Labute approximate surface area is 116 Å². The van der Waals surface area contributed by atoms with Crippen LogP contribution in [0.3, 0.4) is 0 Å². The van der Waals surface area contributed by atoms with E-state index in [1.165, 1.54) is 56.2 Å². The summed E-state index contributed by atoms with van der Waals surface area (Å²) >= 11 is 1.70. The van der Waals surface area contributed by atoms with Gasteiger partial charge in [-0.1, -0.05) is 58.3 Å². The van der Waals surface area contributed by atoms with E-state index in [9.17, 15) is 0 Å². The van der Waals surface area contributed by atoms with Crippen molar-refractivity contribution in [3.8, 4) is 0 Å². The summed E-state index contributed by atoms with van der Waals surface area (Å²) in [4.78, 5) is 5.54. The molecular formula is C15H28N2S. The molecule has 0 bridgehead atoms. The second kappa shape index (κ2) is 9.51. The van der Waals surface area contributed by atoms with E-state index in [4.69, 9.17) is 5.73 Å². The Balaban J connectivity index is 1.99. The molecule has 1 aromatic heterocycles. The number of hydrogen-bond donors (Lipinski definition) is 1. The Morgan fingerprint density at radius 3 is 2.28 bits per heavy atom. The fourth-order valence-corrected chi connectivity index (χ4v) is 3.14. The number of nitrogens with zero attached hydrogens (tertiary/aromatic N) is 1. The molecule has 0 saturated heterocycles. The molecule has 1 atom stereocenters. The van der Waals surface area contributed by atoms with E-state index in [1.807, 2.05) is 5.51 Å². The highest BCUT2D eigenvalue weighted by atomic mass is 32.1. The van der Waals surface area contributed by atoms with Crippen LogP contribution in [0.1, 0.15) is 81.3 Å². The minimum atomic E-state index is 0.206. The standard InChI is InChI=1S/C15H28N2S/c1-3-4-5-6-7-8-9-10-11-14(16)15-13(2)17-12-18-15/h12,14H,3-11,16H2,1-2H3. The molecule has 0 amide bonds. The van der Waals surface area contributed by atoms with Crippen molar-refractivity contribution in [1.29, 1.82) is 0 Å². The lowest BCUT2D eigenvalue weighted by atomic mass is 10.0. The Hall–Kier alpha value is -0.410. The van der Waals surface area contributed by atoms with Crippen LogP contribution in [0.5, 0.6) is 0 Å². The van der Waals surface area contributed by atoms with Crippen molar-refractivity contribution in [1.82, 2.24) is 4.98 Å². The van der Waals surface area contributed by atoms with Crippen LogP contribution in [-0.4, -0.2) is 4.98 Å². The van der Waals surface area contributed by atoms with Crippen LogP contribution in [0, 0.1) is 6.92 Å². The number of nitrogens with two attached hydrogens (primary N) is 1. The van der Waals surface area contributed by atoms with Gasteiger partial charge in [0.05, 0.1) is 11.2 Å². The minimum Gasteiger partial charge on any atom is -0.323 e. The zero-order valence-electron chi connectivity index (χ0n) is 12.0. The van der Waals surface area contributed by atoms with Gasteiger partial charge in [0, 0.05) is 10.9 Å². The zero-order valence-corrected chi connectivity index (χ0v) is 12.8. The number of thiazole rings is 1. The SMILES string of the molecule is CCCCCCCCCCC(N)c1scnc1C. The first-order valence-corrected chi connectivity index (χ1v) is 8.29. The molecule has 2 nitrogen and oxygen atoms in total. The molecule has 1 heterocycles. The molecule has 1 unspecified atom stereocenters. The Kier molecular flexibility index (Phi) is 8.27. The van der Waals surface area contributed by atoms with Crippen LogP contribution in [0.25, 0.3) is 0 Å². The fraction of sp³-hybridized carbons (Fsp3) is 0.800. The zero-order chi connectivity index (χ0) is 13.2. The molecule has 0 aliphatic carbocycles. The van der Waals surface area contributed by atoms with Crippen molar-refractivity contribution < 1.29 is 0 Å². The summed E-state index contributed by atoms with van der Waals surface area (Å²) < 4.78 is 0. The second-order valence-electron chi connectivity index (χ2n) is 5.17. The van der Waals surface area contributed by atoms with Gasteiger partial charge in [0.25, 0.3) is 0 Å². The summed E-state index contributed by atoms with van der Waals surface area (Å²) in [6.07, 6.45) is 12.0. The summed E-state index contributed by atoms with van der Waals surface area (Å²) in [6.45, 7) is 4.32. The van der Waals surface area contributed by atoms with E-state index >= 15 is 0 Å². The maximum atomic E-state index is 6.19. The molecule has 0 saturated carbocycles. The predicted molar refractivity (Wildman–Crippen MR) is 81.0 cm³/mol. The monoisotopic (exact) mass is 268 g/mol. The lowest BCUT2D eigenvalue weighted by Gasteiger charge is -2.10. The lowest BCUT2D eigenvalue weighted by molar-refractivity contribution is 0.538. The molecule has 0 radical (unpaired) electrons. The van der Waals surface area contributed by atoms with Crippen molar-refractivity contribution >= 4 is 11.3 Å². The molecule has 18 heavy (non-hydrogen) atoms. The maximum Gasteiger partial charge on any atom is 0.0798 e. The number of aromatic nitrogens is 1. The van der Waals surface area contributed by atoms with E-state index in [2.05, 4.69) is 18.8 Å². The largest absolute Gasteiger partial charge is 0.323 e. The Bertz CT molecular complexity index is 309. The fourth-order valence-electron chi connectivity index (χ4n) is 2.30. The van der Waals surface area contributed by atoms with Crippen molar-refractivity contribution in [3.05, 3.63) is 16.1 Å². The second-order valence-corrected chi connectivity index (χ2v) is 6.06. The van der Waals surface area contributed by atoms with Gasteiger partial charge in [0.2, 0.25) is 0 Å². The van der Waals surface area contributed by atoms with E-state index in [1.54, 1.807) is 11.3 Å². The third-order valence-corrected chi connectivity index (χ3v) is 4.55. The molecule has 2 N–H and O–H groups in total. The van der Waals surface area contributed by atoms with Crippen LogP contribution in [0.4, 0.5) is 0 Å². The highest BCUT2D eigenvalue weighted by molar-refractivity contribution is 7.09. The number of hydrogen-bond acceptors (Lipinski definition) is 3. The van der Waals surface area contributed by atoms with Gasteiger partial charge in [-0.2, -0.15) is 0 Å². The van der Waals surface area contributed by atoms with Crippen LogP contribution in [0.15, 0.2) is 5.51 Å². The van der Waals surface area contributed by atoms with Crippen molar-refractivity contribution in [3.63, 3.8) is 0 Å². The van der Waals surface area contributed by atoms with Gasteiger partial charge in [-0.25, -0.2) is 4.98 Å². The van der Waals surface area contributed by atoms with Gasteiger partial charge in [-0.05, 0) is 13.3 Å². The molecule has 104 valence electrons. The normalized spacial score (nSPS) is 12.8. The summed E-state index contributed by atoms with van der Waals surface area (Å²) in [6, 6.07) is 0.206. The molecule has 3 heteroatoms. The lowest BCUT2D eigenvalue weighted by Crippen LogP contribution is -2.09. The van der Waals surface area contributed by atoms with E-state index < -0.39 is 0 Å². The summed E-state index contributed by atoms with van der Waals surface area (Å²) in [5, 5.41) is 0. The van der Waals surface area contributed by atoms with E-state index in [-0.39, 0.29) is 6.04 Å². The van der Waals surface area contributed by atoms with Gasteiger partial charge in [0.1, 0.15) is 0 Å². The van der Waals surface area contributed by atoms with Crippen LogP contribution < -0.4 is 5.73 Å². The minimum absolute atomic E-state index is 0.206. The Morgan fingerprint density at radius 1 is 1.11 bits per heavy atom. The van der Waals surface area contributed by atoms with Gasteiger partial charge >= 0.3 is 0 Å². The highest BCUT2D eigenvalue weighted by Gasteiger charge is 2.10. The highest BCUT2D eigenvalue weighted by Crippen LogP contribution is 2.24. The summed E-state index contributed by atoms with van der Waals surface area (Å²) in [5.74, 6) is 0. The average Bonchev–Trinajstić information content (AvgIpc) is 2.79. The first kappa shape index (κ1) is 15.6. The van der Waals surface area contributed by atoms with Gasteiger partial charge in [-0.3, -0.25) is 0 Å². The topological polar surface area (TPSA) is 38.9 Å². The van der Waals surface area contributed by atoms with Crippen molar-refractivity contribution in [2.45, 2.75) is 77.7 Å². The molecule has 0 aliphatic rings. The van der Waals surface area contributed by atoms with Gasteiger partial charge in [-0.15, -0.1) is 11.3 Å². The molecule has 1 aromatic rings. The third-order valence-electron chi connectivity index (χ3n) is 3.49. The molecule has 0 spiro atoms. The Morgan fingerprint density at radius 2 is 1.72 bits per heavy atom. The molecule has 0 fully saturated rings. The molecule has 0 aromatic carbocycles. The summed E-state index contributed by atoms with van der Waals surface area (Å²) in [7, 11) is 0. The van der Waals surface area contributed by atoms with Crippen molar-refractivity contribution in [2.24, 2.45) is 5.73 Å². The first-order chi connectivity index (χ1) is 8.75. The third kappa shape index (κ3) is 5.96. The quantitative estimate of drug-likeness (QED) is 0.608. The number of aryl methyl sites for hydroxylation is 1.